The maximum Gasteiger partial charge on any atom is 0.335 e. The molecule has 224 valence electrons. The van der Waals surface area contributed by atoms with E-state index in [-0.39, 0.29) is 23.4 Å². The summed E-state index contributed by atoms with van der Waals surface area (Å²) in [5.74, 6) is -0.876. The highest BCUT2D eigenvalue weighted by atomic mass is 35.5. The van der Waals surface area contributed by atoms with Crippen LogP contribution in [0.15, 0.2) is 36.4 Å². The van der Waals surface area contributed by atoms with Crippen LogP contribution in [0.1, 0.15) is 89.6 Å². The van der Waals surface area contributed by atoms with Crippen LogP contribution >= 0.6 is 23.2 Å². The van der Waals surface area contributed by atoms with Crippen molar-refractivity contribution in [1.29, 1.82) is 0 Å². The first kappa shape index (κ1) is 32.1. The minimum Gasteiger partial charge on any atom is -0.478 e. The molecule has 4 rings (SSSR count). The van der Waals surface area contributed by atoms with Gasteiger partial charge in [0.05, 0.1) is 5.56 Å². The Morgan fingerprint density at radius 2 is 1.44 bits per heavy atom. The lowest BCUT2D eigenvalue weighted by atomic mass is 9.92. The summed E-state index contributed by atoms with van der Waals surface area (Å²) in [6.07, 6.45) is 5.67. The van der Waals surface area contributed by atoms with Gasteiger partial charge in [-0.2, -0.15) is 0 Å². The molecule has 0 radical (unpaired) electrons. The van der Waals surface area contributed by atoms with E-state index in [9.17, 15) is 9.59 Å². The molecule has 2 fully saturated rings. The van der Waals surface area contributed by atoms with E-state index in [1.807, 2.05) is 12.1 Å². The Balaban J connectivity index is 1.38. The molecule has 1 heterocycles. The van der Waals surface area contributed by atoms with Crippen LogP contribution in [0.2, 0.25) is 26.7 Å². The van der Waals surface area contributed by atoms with E-state index >= 15 is 0 Å². The number of nitrogens with zero attached hydrogens (tertiary/aromatic N) is 1. The molecule has 1 atom stereocenters. The van der Waals surface area contributed by atoms with E-state index < -0.39 is 14.3 Å². The maximum absolute atomic E-state index is 13.6. The second-order valence-electron chi connectivity index (χ2n) is 12.9. The highest BCUT2D eigenvalue weighted by Crippen LogP contribution is 2.45. The van der Waals surface area contributed by atoms with Gasteiger partial charge in [-0.15, -0.1) is 0 Å². The first-order valence-electron chi connectivity index (χ1n) is 15.1. The number of hydrogen-bond donors (Lipinski definition) is 1. The van der Waals surface area contributed by atoms with E-state index in [0.29, 0.717) is 39.2 Å². The largest absolute Gasteiger partial charge is 0.478 e. The van der Waals surface area contributed by atoms with Crippen LogP contribution < -0.4 is 0 Å². The average Bonchev–Trinajstić information content (AvgIpc) is 3.28. The lowest BCUT2D eigenvalue weighted by Gasteiger charge is -2.46. The third kappa shape index (κ3) is 6.71. The van der Waals surface area contributed by atoms with E-state index in [1.54, 1.807) is 24.3 Å². The third-order valence-corrected chi connectivity index (χ3v) is 16.4. The van der Waals surface area contributed by atoms with Gasteiger partial charge < -0.3 is 14.4 Å². The Labute approximate surface area is 256 Å². The fourth-order valence-electron chi connectivity index (χ4n) is 7.50. The van der Waals surface area contributed by atoms with Gasteiger partial charge in [-0.3, -0.25) is 4.79 Å². The maximum atomic E-state index is 13.6. The number of carbonyl (C=O) groups excluding carboxylic acids is 1. The van der Waals surface area contributed by atoms with Gasteiger partial charge >= 0.3 is 5.97 Å². The number of amides is 1. The summed E-state index contributed by atoms with van der Waals surface area (Å²) < 4.78 is 7.07. The molecule has 0 spiro atoms. The minimum atomic E-state index is -1.91. The normalized spacial score (nSPS) is 21.9. The van der Waals surface area contributed by atoms with Crippen molar-refractivity contribution in [3.63, 3.8) is 0 Å². The summed E-state index contributed by atoms with van der Waals surface area (Å²) >= 11 is 13.4. The van der Waals surface area contributed by atoms with Crippen LogP contribution in [0.4, 0.5) is 0 Å². The summed E-state index contributed by atoms with van der Waals surface area (Å²) in [6.45, 7) is 14.8. The van der Waals surface area contributed by atoms with Crippen LogP contribution in [0.25, 0.3) is 11.1 Å². The molecular formula is C33H45Cl2NO4Si. The zero-order valence-corrected chi connectivity index (χ0v) is 27.8. The fourth-order valence-corrected chi connectivity index (χ4v) is 13.8. The summed E-state index contributed by atoms with van der Waals surface area (Å²) in [5.41, 5.74) is 4.41. The average molecular weight is 619 g/mol. The van der Waals surface area contributed by atoms with Crippen LogP contribution in [0.3, 0.4) is 0 Å². The molecule has 1 aliphatic carbocycles. The van der Waals surface area contributed by atoms with Gasteiger partial charge in [0.2, 0.25) is 14.2 Å². The molecule has 1 saturated carbocycles. The van der Waals surface area contributed by atoms with Crippen molar-refractivity contribution in [1.82, 2.24) is 4.90 Å². The van der Waals surface area contributed by atoms with Crippen molar-refractivity contribution in [3.8, 4) is 11.1 Å². The summed E-state index contributed by atoms with van der Waals surface area (Å²) in [7, 11) is -1.91. The molecule has 2 aromatic rings. The van der Waals surface area contributed by atoms with Gasteiger partial charge in [0.15, 0.2) is 0 Å². The Hall–Kier alpha value is -1.86. The van der Waals surface area contributed by atoms with Crippen LogP contribution in [0.5, 0.6) is 0 Å². The van der Waals surface area contributed by atoms with E-state index in [4.69, 9.17) is 32.7 Å². The lowest BCUT2D eigenvalue weighted by Crippen LogP contribution is -2.51. The highest BCUT2D eigenvalue weighted by Gasteiger charge is 2.47. The number of likely N-dealkylation sites (tertiary alicyclic amines) is 1. The zero-order chi connectivity index (χ0) is 30.1. The Morgan fingerprint density at radius 1 is 0.902 bits per heavy atom. The topological polar surface area (TPSA) is 66.8 Å². The number of aromatic carboxylic acids is 1. The Morgan fingerprint density at radius 3 is 1.93 bits per heavy atom. The van der Waals surface area contributed by atoms with Crippen molar-refractivity contribution in [2.75, 3.05) is 6.54 Å². The van der Waals surface area contributed by atoms with Crippen molar-refractivity contribution in [2.24, 2.45) is 5.92 Å². The van der Waals surface area contributed by atoms with Crippen LogP contribution in [-0.4, -0.2) is 48.9 Å². The smallest absolute Gasteiger partial charge is 0.335 e. The molecule has 0 aromatic heterocycles. The first-order valence-corrected chi connectivity index (χ1v) is 18.0. The lowest BCUT2D eigenvalue weighted by molar-refractivity contribution is -0.133. The van der Waals surface area contributed by atoms with Crippen LogP contribution in [-0.2, 0) is 15.6 Å². The number of carboxylic acids is 1. The number of rotatable bonds is 10. The predicted octanol–water partition coefficient (Wildman–Crippen LogP) is 9.25. The SMILES string of the molecule is CC(C)[Si](O[C@H]1CC[C@H](N2CC[C@@H](Cc3c(Cl)cc(-c4ccc(C(=O)O)cc4)cc3Cl)C2=O)CC1)(C(C)C)C(C)C. The second-order valence-corrected chi connectivity index (χ2v) is 19.1. The number of carbonyl (C=O) groups is 2. The van der Waals surface area contributed by atoms with E-state index in [1.165, 1.54) is 0 Å². The van der Waals surface area contributed by atoms with Gasteiger partial charge in [-0.25, -0.2) is 4.79 Å². The molecule has 1 aliphatic heterocycles. The fraction of sp³-hybridized carbons (Fsp3) is 0.576. The number of carboxylic acid groups (broad SMARTS) is 1. The van der Waals surface area contributed by atoms with Gasteiger partial charge in [-0.1, -0.05) is 76.9 Å². The second kappa shape index (κ2) is 13.2. The molecule has 2 aromatic carbocycles. The number of benzene rings is 2. The monoisotopic (exact) mass is 617 g/mol. The molecule has 0 bridgehead atoms. The van der Waals surface area contributed by atoms with Gasteiger partial charge in [0, 0.05) is 34.7 Å². The number of halogens is 2. The molecular weight excluding hydrogens is 573 g/mol. The molecule has 1 N–H and O–H groups in total. The standard InChI is InChI=1S/C33H45Cl2NO4Si/c1-20(2)41(21(3)4,22(5)6)40-28-13-11-27(12-14-28)36-16-15-25(32(36)37)17-29-30(34)18-26(19-31(29)35)23-7-9-24(10-8-23)33(38)39/h7-10,18-22,25,27-28H,11-17H2,1-6H3,(H,38,39)/t25-,27-,28-/m0/s1. The van der Waals surface area contributed by atoms with Crippen LogP contribution in [0, 0.1) is 5.92 Å². The molecule has 5 nitrogen and oxygen atoms in total. The van der Waals surface area contributed by atoms with E-state index in [2.05, 4.69) is 46.4 Å². The van der Waals surface area contributed by atoms with Crippen molar-refractivity contribution < 1.29 is 19.1 Å². The third-order valence-electron chi connectivity index (χ3n) is 9.57. The summed E-state index contributed by atoms with van der Waals surface area (Å²) in [5, 5.41) is 10.2. The zero-order valence-electron chi connectivity index (χ0n) is 25.3. The van der Waals surface area contributed by atoms with Crippen molar-refractivity contribution in [2.45, 2.75) is 109 Å². The van der Waals surface area contributed by atoms with E-state index in [0.717, 1.165) is 55.3 Å². The quantitative estimate of drug-likeness (QED) is 0.270. The molecule has 2 aliphatic rings. The minimum absolute atomic E-state index is 0.123. The molecule has 0 unspecified atom stereocenters. The highest BCUT2D eigenvalue weighted by molar-refractivity contribution is 6.77. The van der Waals surface area contributed by atoms with Crippen molar-refractivity contribution >= 4 is 43.4 Å². The Bertz CT molecular complexity index is 1190. The number of hydrogen-bond acceptors (Lipinski definition) is 3. The van der Waals surface area contributed by atoms with Gasteiger partial charge in [0.25, 0.3) is 0 Å². The summed E-state index contributed by atoms with van der Waals surface area (Å²) in [4.78, 5) is 26.8. The molecule has 1 saturated heterocycles. The molecule has 8 heteroatoms. The predicted molar refractivity (Wildman–Crippen MR) is 171 cm³/mol. The van der Waals surface area contributed by atoms with Gasteiger partial charge in [-0.05, 0) is 96.1 Å². The van der Waals surface area contributed by atoms with Crippen molar-refractivity contribution in [3.05, 3.63) is 57.6 Å². The van der Waals surface area contributed by atoms with Gasteiger partial charge in [0.1, 0.15) is 0 Å². The summed E-state index contributed by atoms with van der Waals surface area (Å²) in [6, 6.07) is 10.6. The Kier molecular flexibility index (Phi) is 10.3. The first-order chi connectivity index (χ1) is 19.3. The molecule has 1 amide bonds. The molecule has 41 heavy (non-hydrogen) atoms.